The van der Waals surface area contributed by atoms with E-state index in [0.717, 1.165) is 5.56 Å². The molecule has 204 valence electrons. The molecule has 0 radical (unpaired) electrons. The number of Topliss-reactive ketones (excluding diaryl/α,β-unsaturated/α-hetero) is 1. The van der Waals surface area contributed by atoms with Crippen LogP contribution in [0.1, 0.15) is 29.2 Å². The van der Waals surface area contributed by atoms with Gasteiger partial charge in [0.1, 0.15) is 29.6 Å². The number of aliphatic hydroxyl groups excluding tert-OH is 1. The molecular weight excluding hydrogens is 522 g/mol. The summed E-state index contributed by atoms with van der Waals surface area (Å²) < 4.78 is 21.7. The molecule has 1 amide bonds. The molecule has 9 heteroatoms. The van der Waals surface area contributed by atoms with Crippen molar-refractivity contribution < 1.29 is 33.6 Å². The summed E-state index contributed by atoms with van der Waals surface area (Å²) in [6.07, 6.45) is 0.510. The van der Waals surface area contributed by atoms with Gasteiger partial charge in [-0.25, -0.2) is 0 Å². The fourth-order valence-corrected chi connectivity index (χ4v) is 4.75. The summed E-state index contributed by atoms with van der Waals surface area (Å²) in [4.78, 5) is 27.9. The Morgan fingerprint density at radius 1 is 0.949 bits per heavy atom. The number of ketones is 1. The summed E-state index contributed by atoms with van der Waals surface area (Å²) in [5, 5.41) is 11.7. The van der Waals surface area contributed by atoms with Crippen LogP contribution in [0.15, 0.2) is 72.3 Å². The summed E-state index contributed by atoms with van der Waals surface area (Å²) in [5.41, 5.74) is 1.78. The van der Waals surface area contributed by atoms with E-state index in [-0.39, 0.29) is 28.5 Å². The number of carbonyl (C=O) groups is 2. The minimum atomic E-state index is -0.837. The molecule has 1 heterocycles. The number of carbonyl (C=O) groups excluding carboxylic acids is 2. The van der Waals surface area contributed by atoms with Gasteiger partial charge in [-0.2, -0.15) is 0 Å². The first kappa shape index (κ1) is 28.0. The molecule has 1 N–H and O–H groups in total. The van der Waals surface area contributed by atoms with Crippen LogP contribution in [0.2, 0.25) is 5.02 Å². The Balaban J connectivity index is 1.74. The number of aliphatic hydroxyl groups is 1. The smallest absolute Gasteiger partial charge is 0.295 e. The Labute approximate surface area is 232 Å². The molecule has 1 atom stereocenters. The molecule has 0 spiro atoms. The molecule has 4 rings (SSSR count). The van der Waals surface area contributed by atoms with Crippen molar-refractivity contribution in [1.82, 2.24) is 4.90 Å². The fourth-order valence-electron chi connectivity index (χ4n) is 4.51. The molecule has 8 nitrogen and oxygen atoms in total. The van der Waals surface area contributed by atoms with Gasteiger partial charge in [-0.05, 0) is 35.7 Å². The van der Waals surface area contributed by atoms with Gasteiger partial charge in [-0.1, -0.05) is 54.1 Å². The van der Waals surface area contributed by atoms with Crippen molar-refractivity contribution in [3.63, 3.8) is 0 Å². The molecule has 0 aliphatic carbocycles. The van der Waals surface area contributed by atoms with Crippen LogP contribution in [0, 0.1) is 0 Å². The highest BCUT2D eigenvalue weighted by Gasteiger charge is 2.46. The predicted octanol–water partition coefficient (Wildman–Crippen LogP) is 5.39. The van der Waals surface area contributed by atoms with E-state index < -0.39 is 23.5 Å². The maximum absolute atomic E-state index is 13.3. The highest BCUT2D eigenvalue weighted by molar-refractivity contribution is 6.46. The van der Waals surface area contributed by atoms with Gasteiger partial charge >= 0.3 is 0 Å². The van der Waals surface area contributed by atoms with Crippen LogP contribution in [-0.4, -0.2) is 56.2 Å². The number of likely N-dealkylation sites (tertiary alicyclic amines) is 1. The van der Waals surface area contributed by atoms with Crippen molar-refractivity contribution in [2.24, 2.45) is 0 Å². The second-order valence-electron chi connectivity index (χ2n) is 8.87. The van der Waals surface area contributed by atoms with Crippen molar-refractivity contribution >= 4 is 29.1 Å². The second kappa shape index (κ2) is 12.7. The summed E-state index contributed by atoms with van der Waals surface area (Å²) in [6.45, 7) is 1.06. The normalized spacial score (nSPS) is 16.4. The quantitative estimate of drug-likeness (QED) is 0.148. The first-order valence-corrected chi connectivity index (χ1v) is 12.7. The van der Waals surface area contributed by atoms with Gasteiger partial charge in [0.15, 0.2) is 0 Å². The van der Waals surface area contributed by atoms with Crippen molar-refractivity contribution in [1.29, 1.82) is 0 Å². The minimum Gasteiger partial charge on any atom is -0.507 e. The van der Waals surface area contributed by atoms with Crippen LogP contribution in [0.3, 0.4) is 0 Å². The zero-order valence-electron chi connectivity index (χ0n) is 22.0. The number of hydrogen-bond acceptors (Lipinski definition) is 7. The standard InChI is InChI=1S/C30H30ClNO7/c1-36-15-7-14-32-27(20-10-12-21(13-11-20)39-18-19-8-5-4-6-9-19)26(29(34)30(32)35)28(33)22-16-23(31)25(38-3)17-24(22)37-2/h4-6,8-13,16-17,27,33H,7,14-15,18H2,1-3H3/b28-26+. The third-order valence-electron chi connectivity index (χ3n) is 6.46. The van der Waals surface area contributed by atoms with Gasteiger partial charge in [0.2, 0.25) is 0 Å². The van der Waals surface area contributed by atoms with Crippen LogP contribution in [0.25, 0.3) is 5.76 Å². The molecule has 39 heavy (non-hydrogen) atoms. The van der Waals surface area contributed by atoms with E-state index in [2.05, 4.69) is 0 Å². The van der Waals surface area contributed by atoms with Gasteiger partial charge in [-0.3, -0.25) is 9.59 Å². The highest BCUT2D eigenvalue weighted by atomic mass is 35.5. The molecule has 1 fully saturated rings. The van der Waals surface area contributed by atoms with Gasteiger partial charge in [0.05, 0.1) is 36.4 Å². The highest BCUT2D eigenvalue weighted by Crippen LogP contribution is 2.43. The Kier molecular flexibility index (Phi) is 9.11. The first-order valence-electron chi connectivity index (χ1n) is 12.4. The third-order valence-corrected chi connectivity index (χ3v) is 6.76. The molecule has 3 aromatic rings. The number of rotatable bonds is 11. The molecule has 0 saturated carbocycles. The summed E-state index contributed by atoms with van der Waals surface area (Å²) in [6, 6.07) is 19.0. The SMILES string of the molecule is COCCCN1C(=O)C(=O)/C(=C(/O)c2cc(Cl)c(OC)cc2OC)C1c1ccc(OCc2ccccc2)cc1. The number of benzene rings is 3. The number of ether oxygens (including phenoxy) is 4. The van der Waals surface area contributed by atoms with E-state index in [4.69, 9.17) is 30.5 Å². The zero-order valence-corrected chi connectivity index (χ0v) is 22.7. The van der Waals surface area contributed by atoms with Crippen LogP contribution in [0.5, 0.6) is 17.2 Å². The number of halogens is 1. The van der Waals surface area contributed by atoms with Gasteiger partial charge in [0, 0.05) is 26.3 Å². The lowest BCUT2D eigenvalue weighted by Gasteiger charge is -2.25. The Hall–Kier alpha value is -4.01. The van der Waals surface area contributed by atoms with Crippen LogP contribution in [-0.2, 0) is 20.9 Å². The zero-order chi connectivity index (χ0) is 27.9. The van der Waals surface area contributed by atoms with Crippen LogP contribution < -0.4 is 14.2 Å². The minimum absolute atomic E-state index is 0.0603. The molecule has 0 bridgehead atoms. The summed E-state index contributed by atoms with van der Waals surface area (Å²) in [7, 11) is 4.45. The topological polar surface area (TPSA) is 94.5 Å². The van der Waals surface area contributed by atoms with Crippen molar-refractivity contribution in [3.8, 4) is 17.2 Å². The fraction of sp³-hybridized carbons (Fsp3) is 0.267. The van der Waals surface area contributed by atoms with E-state index in [1.54, 1.807) is 31.4 Å². The Bertz CT molecular complexity index is 1360. The first-order chi connectivity index (χ1) is 18.9. The van der Waals surface area contributed by atoms with E-state index in [1.165, 1.54) is 31.3 Å². The molecular formula is C30H30ClNO7. The Morgan fingerprint density at radius 2 is 1.64 bits per heavy atom. The molecule has 0 aromatic heterocycles. The summed E-state index contributed by atoms with van der Waals surface area (Å²) in [5.74, 6) is -0.689. The Morgan fingerprint density at radius 3 is 2.28 bits per heavy atom. The number of amides is 1. The molecule has 1 aliphatic heterocycles. The molecule has 1 aliphatic rings. The predicted molar refractivity (Wildman–Crippen MR) is 147 cm³/mol. The van der Waals surface area contributed by atoms with E-state index in [1.807, 2.05) is 30.3 Å². The van der Waals surface area contributed by atoms with Gasteiger partial charge in [0.25, 0.3) is 11.7 Å². The lowest BCUT2D eigenvalue weighted by molar-refractivity contribution is -0.140. The number of nitrogens with zero attached hydrogens (tertiary/aromatic N) is 1. The van der Waals surface area contributed by atoms with Gasteiger partial charge < -0.3 is 29.0 Å². The second-order valence-corrected chi connectivity index (χ2v) is 9.28. The average Bonchev–Trinajstić information content (AvgIpc) is 3.21. The monoisotopic (exact) mass is 551 g/mol. The van der Waals surface area contributed by atoms with Crippen LogP contribution >= 0.6 is 11.6 Å². The third kappa shape index (κ3) is 6.02. The average molecular weight is 552 g/mol. The molecule has 1 saturated heterocycles. The number of methoxy groups -OCH3 is 3. The maximum Gasteiger partial charge on any atom is 0.295 e. The molecule has 1 unspecified atom stereocenters. The van der Waals surface area contributed by atoms with Crippen LogP contribution in [0.4, 0.5) is 0 Å². The summed E-state index contributed by atoms with van der Waals surface area (Å²) >= 11 is 6.33. The van der Waals surface area contributed by atoms with E-state index in [9.17, 15) is 14.7 Å². The maximum atomic E-state index is 13.3. The lowest BCUT2D eigenvalue weighted by Crippen LogP contribution is -2.31. The number of hydrogen-bond donors (Lipinski definition) is 1. The van der Waals surface area contributed by atoms with E-state index >= 15 is 0 Å². The van der Waals surface area contributed by atoms with E-state index in [0.29, 0.717) is 36.7 Å². The van der Waals surface area contributed by atoms with Crippen molar-refractivity contribution in [2.45, 2.75) is 19.1 Å². The van der Waals surface area contributed by atoms with Crippen molar-refractivity contribution in [2.75, 3.05) is 34.5 Å². The largest absolute Gasteiger partial charge is 0.507 e. The lowest BCUT2D eigenvalue weighted by atomic mass is 9.94. The van der Waals surface area contributed by atoms with Crippen molar-refractivity contribution in [3.05, 3.63) is 94.0 Å². The van der Waals surface area contributed by atoms with Gasteiger partial charge in [-0.15, -0.1) is 0 Å². The molecule has 3 aromatic carbocycles.